The molecule has 1 fully saturated rings. The van der Waals surface area contributed by atoms with Crippen LogP contribution < -0.4 is 10.6 Å². The second kappa shape index (κ2) is 8.62. The van der Waals surface area contributed by atoms with E-state index in [1.165, 1.54) is 5.56 Å². The fourth-order valence-electron chi connectivity index (χ4n) is 3.25. The fourth-order valence-corrected chi connectivity index (χ4v) is 3.25. The molecular weight excluding hydrogens is 314 g/mol. The van der Waals surface area contributed by atoms with Crippen LogP contribution in [0.3, 0.4) is 0 Å². The van der Waals surface area contributed by atoms with Gasteiger partial charge in [-0.2, -0.15) is 0 Å². The molecule has 0 bridgehead atoms. The number of carbonyl (C=O) groups is 1. The van der Waals surface area contributed by atoms with E-state index < -0.39 is 0 Å². The van der Waals surface area contributed by atoms with Crippen LogP contribution in [-0.2, 0) is 4.74 Å². The van der Waals surface area contributed by atoms with Crippen molar-refractivity contribution in [1.82, 2.24) is 15.6 Å². The van der Waals surface area contributed by atoms with Gasteiger partial charge in [0.2, 0.25) is 0 Å². The van der Waals surface area contributed by atoms with Crippen molar-refractivity contribution in [2.24, 2.45) is 5.92 Å². The number of hydrogen-bond acceptors (Lipinski definition) is 3. The number of aromatic nitrogens is 1. The van der Waals surface area contributed by atoms with Crippen molar-refractivity contribution >= 4 is 6.03 Å². The van der Waals surface area contributed by atoms with E-state index in [0.717, 1.165) is 25.0 Å². The van der Waals surface area contributed by atoms with Crippen LogP contribution in [0.4, 0.5) is 4.79 Å². The van der Waals surface area contributed by atoms with E-state index in [2.05, 4.69) is 27.8 Å². The van der Waals surface area contributed by atoms with Gasteiger partial charge in [-0.25, -0.2) is 4.79 Å². The van der Waals surface area contributed by atoms with Crippen LogP contribution in [0.25, 0.3) is 0 Å². The highest BCUT2D eigenvalue weighted by atomic mass is 16.5. The van der Waals surface area contributed by atoms with Crippen molar-refractivity contribution < 1.29 is 9.53 Å². The summed E-state index contributed by atoms with van der Waals surface area (Å²) in [6, 6.07) is 13.8. The maximum Gasteiger partial charge on any atom is 0.315 e. The highest BCUT2D eigenvalue weighted by Crippen LogP contribution is 2.33. The van der Waals surface area contributed by atoms with Gasteiger partial charge in [0, 0.05) is 31.5 Å². The smallest absolute Gasteiger partial charge is 0.315 e. The molecule has 1 aliphatic heterocycles. The average molecular weight is 339 g/mol. The van der Waals surface area contributed by atoms with E-state index in [1.807, 2.05) is 37.3 Å². The van der Waals surface area contributed by atoms with Crippen molar-refractivity contribution in [1.29, 1.82) is 0 Å². The minimum absolute atomic E-state index is 0.0472. The van der Waals surface area contributed by atoms with Crippen molar-refractivity contribution in [3.05, 3.63) is 66.0 Å². The van der Waals surface area contributed by atoms with Crippen LogP contribution in [0, 0.1) is 5.92 Å². The molecule has 1 aliphatic rings. The first-order valence-corrected chi connectivity index (χ1v) is 8.85. The zero-order valence-electron chi connectivity index (χ0n) is 14.5. The molecule has 0 saturated carbocycles. The Bertz CT molecular complexity index is 663. The lowest BCUT2D eigenvalue weighted by molar-refractivity contribution is -0.0269. The fraction of sp³-hybridized carbons (Fsp3) is 0.400. The third-order valence-corrected chi connectivity index (χ3v) is 4.63. The highest BCUT2D eigenvalue weighted by Gasteiger charge is 2.27. The van der Waals surface area contributed by atoms with E-state index in [4.69, 9.17) is 4.74 Å². The van der Waals surface area contributed by atoms with Gasteiger partial charge in [-0.15, -0.1) is 0 Å². The number of pyridine rings is 1. The van der Waals surface area contributed by atoms with Gasteiger partial charge >= 0.3 is 6.03 Å². The van der Waals surface area contributed by atoms with Gasteiger partial charge in [0.15, 0.2) is 0 Å². The molecule has 2 aromatic rings. The summed E-state index contributed by atoms with van der Waals surface area (Å²) < 4.78 is 5.98. The zero-order valence-corrected chi connectivity index (χ0v) is 14.5. The van der Waals surface area contributed by atoms with Crippen LogP contribution in [0.5, 0.6) is 0 Å². The molecule has 5 nitrogen and oxygen atoms in total. The molecule has 0 spiro atoms. The van der Waals surface area contributed by atoms with E-state index in [9.17, 15) is 4.79 Å². The van der Waals surface area contributed by atoms with E-state index in [0.29, 0.717) is 6.54 Å². The Morgan fingerprint density at radius 1 is 1.28 bits per heavy atom. The van der Waals surface area contributed by atoms with Gasteiger partial charge in [0.1, 0.15) is 0 Å². The lowest BCUT2D eigenvalue weighted by Gasteiger charge is -2.32. The Kier molecular flexibility index (Phi) is 6.01. The molecule has 5 heteroatoms. The van der Waals surface area contributed by atoms with Gasteiger partial charge in [0.25, 0.3) is 0 Å². The van der Waals surface area contributed by atoms with Crippen LogP contribution in [0.15, 0.2) is 54.9 Å². The minimum atomic E-state index is -0.159. The SMILES string of the molecule is CC(NC(=O)NCC1CCCOC1c1ccccc1)c1cccnc1. The number of carbonyl (C=O) groups excluding carboxylic acids is 1. The summed E-state index contributed by atoms with van der Waals surface area (Å²) in [6.07, 6.45) is 5.63. The number of nitrogens with zero attached hydrogens (tertiary/aromatic N) is 1. The molecule has 2 N–H and O–H groups in total. The Labute approximate surface area is 148 Å². The summed E-state index contributed by atoms with van der Waals surface area (Å²) in [4.78, 5) is 16.3. The largest absolute Gasteiger partial charge is 0.373 e. The Morgan fingerprint density at radius 3 is 2.88 bits per heavy atom. The maximum atomic E-state index is 12.2. The van der Waals surface area contributed by atoms with Gasteiger partial charge < -0.3 is 15.4 Å². The van der Waals surface area contributed by atoms with Crippen molar-refractivity contribution in [2.45, 2.75) is 31.9 Å². The molecule has 2 heterocycles. The van der Waals surface area contributed by atoms with E-state index in [1.54, 1.807) is 12.4 Å². The van der Waals surface area contributed by atoms with E-state index in [-0.39, 0.29) is 24.1 Å². The van der Waals surface area contributed by atoms with Crippen molar-refractivity contribution in [3.63, 3.8) is 0 Å². The lowest BCUT2D eigenvalue weighted by atomic mass is 9.89. The summed E-state index contributed by atoms with van der Waals surface area (Å²) in [5, 5.41) is 5.96. The topological polar surface area (TPSA) is 63.2 Å². The number of benzene rings is 1. The molecule has 0 aliphatic carbocycles. The molecule has 3 unspecified atom stereocenters. The third kappa shape index (κ3) is 4.79. The summed E-state index contributed by atoms with van der Waals surface area (Å²) in [6.45, 7) is 3.33. The predicted octanol–water partition coefficient (Wildman–Crippen LogP) is 3.61. The molecule has 0 radical (unpaired) electrons. The summed E-state index contributed by atoms with van der Waals surface area (Å²) in [5.41, 5.74) is 2.17. The lowest BCUT2D eigenvalue weighted by Crippen LogP contribution is -2.41. The summed E-state index contributed by atoms with van der Waals surface area (Å²) in [7, 11) is 0. The Hall–Kier alpha value is -2.40. The van der Waals surface area contributed by atoms with Gasteiger partial charge in [-0.05, 0) is 37.0 Å². The number of urea groups is 1. The first-order chi connectivity index (χ1) is 12.2. The zero-order chi connectivity index (χ0) is 17.5. The molecule has 132 valence electrons. The van der Waals surface area contributed by atoms with Crippen LogP contribution in [0.1, 0.15) is 43.0 Å². The molecule has 1 aromatic carbocycles. The second-order valence-corrected chi connectivity index (χ2v) is 6.47. The predicted molar refractivity (Wildman–Crippen MR) is 97.0 cm³/mol. The standard InChI is InChI=1S/C20H25N3O2/c1-15(17-9-5-11-21-13-17)23-20(24)22-14-18-10-6-12-25-19(18)16-7-3-2-4-8-16/h2-5,7-9,11,13,15,18-19H,6,10,12,14H2,1H3,(H2,22,23,24). The van der Waals surface area contributed by atoms with Crippen molar-refractivity contribution in [3.8, 4) is 0 Å². The maximum absolute atomic E-state index is 12.2. The van der Waals surface area contributed by atoms with Gasteiger partial charge in [0.05, 0.1) is 12.1 Å². The molecular formula is C20H25N3O2. The second-order valence-electron chi connectivity index (χ2n) is 6.47. The number of amides is 2. The first kappa shape index (κ1) is 17.4. The average Bonchev–Trinajstić information content (AvgIpc) is 2.68. The Morgan fingerprint density at radius 2 is 2.12 bits per heavy atom. The summed E-state index contributed by atoms with van der Waals surface area (Å²) >= 11 is 0. The van der Waals surface area contributed by atoms with Crippen molar-refractivity contribution in [2.75, 3.05) is 13.2 Å². The number of hydrogen-bond donors (Lipinski definition) is 2. The molecule has 1 aromatic heterocycles. The Balaban J connectivity index is 1.53. The molecule has 25 heavy (non-hydrogen) atoms. The first-order valence-electron chi connectivity index (χ1n) is 8.85. The highest BCUT2D eigenvalue weighted by molar-refractivity contribution is 5.74. The van der Waals surface area contributed by atoms with Crippen LogP contribution in [0.2, 0.25) is 0 Å². The molecule has 3 rings (SSSR count). The monoisotopic (exact) mass is 339 g/mol. The quantitative estimate of drug-likeness (QED) is 0.875. The number of nitrogens with one attached hydrogen (secondary N) is 2. The summed E-state index contributed by atoms with van der Waals surface area (Å²) in [5.74, 6) is 0.288. The van der Waals surface area contributed by atoms with Gasteiger partial charge in [-0.1, -0.05) is 36.4 Å². The van der Waals surface area contributed by atoms with Crippen LogP contribution >= 0.6 is 0 Å². The third-order valence-electron chi connectivity index (χ3n) is 4.63. The number of ether oxygens (including phenoxy) is 1. The molecule has 2 amide bonds. The van der Waals surface area contributed by atoms with Crippen LogP contribution in [-0.4, -0.2) is 24.2 Å². The van der Waals surface area contributed by atoms with E-state index >= 15 is 0 Å². The minimum Gasteiger partial charge on any atom is -0.373 e. The molecule has 3 atom stereocenters. The number of rotatable bonds is 5. The van der Waals surface area contributed by atoms with Gasteiger partial charge in [-0.3, -0.25) is 4.98 Å². The normalized spacial score (nSPS) is 21.3. The molecule has 1 saturated heterocycles.